The molecule has 0 saturated heterocycles. The first-order valence-corrected chi connectivity index (χ1v) is 6.80. The lowest BCUT2D eigenvalue weighted by atomic mass is 10.1. The Labute approximate surface area is 110 Å². The van der Waals surface area contributed by atoms with Gasteiger partial charge >= 0.3 is 0 Å². The fourth-order valence-electron chi connectivity index (χ4n) is 3.03. The maximum atomic E-state index is 14.0. The molecule has 1 aromatic heterocycles. The highest BCUT2D eigenvalue weighted by Crippen LogP contribution is 2.33. The summed E-state index contributed by atoms with van der Waals surface area (Å²) < 4.78 is 29.2. The molecular formula is C14H17F2N3. The second-order valence-corrected chi connectivity index (χ2v) is 5.21. The van der Waals surface area contributed by atoms with Gasteiger partial charge in [0.05, 0.1) is 5.52 Å². The van der Waals surface area contributed by atoms with Crippen molar-refractivity contribution >= 4 is 17.0 Å². The Balaban J connectivity index is 2.16. The van der Waals surface area contributed by atoms with Crippen LogP contribution in [0, 0.1) is 11.6 Å². The van der Waals surface area contributed by atoms with Gasteiger partial charge in [-0.25, -0.2) is 13.8 Å². The second kappa shape index (κ2) is 4.79. The molecule has 5 heteroatoms. The van der Waals surface area contributed by atoms with Crippen molar-refractivity contribution < 1.29 is 8.78 Å². The van der Waals surface area contributed by atoms with E-state index in [1.807, 2.05) is 0 Å². The molecule has 102 valence electrons. The Bertz CT molecular complexity index is 598. The van der Waals surface area contributed by atoms with Crippen molar-refractivity contribution in [3.05, 3.63) is 23.8 Å². The molecular weight excluding hydrogens is 248 g/mol. The van der Waals surface area contributed by atoms with Crippen molar-refractivity contribution in [2.24, 2.45) is 0 Å². The van der Waals surface area contributed by atoms with Crippen molar-refractivity contribution in [3.8, 4) is 0 Å². The number of hydrogen-bond acceptors (Lipinski definition) is 2. The van der Waals surface area contributed by atoms with E-state index >= 15 is 0 Å². The van der Waals surface area contributed by atoms with E-state index in [-0.39, 0.29) is 17.5 Å². The molecule has 3 rings (SSSR count). The number of nitrogens with two attached hydrogens (primary N) is 1. The first-order valence-electron chi connectivity index (χ1n) is 6.80. The summed E-state index contributed by atoms with van der Waals surface area (Å²) >= 11 is 0. The summed E-state index contributed by atoms with van der Waals surface area (Å²) in [5.74, 6) is -1.40. The second-order valence-electron chi connectivity index (χ2n) is 5.21. The largest absolute Gasteiger partial charge is 0.369 e. The van der Waals surface area contributed by atoms with Gasteiger partial charge in [-0.15, -0.1) is 0 Å². The molecule has 1 saturated carbocycles. The molecule has 0 bridgehead atoms. The summed E-state index contributed by atoms with van der Waals surface area (Å²) in [5, 5.41) is 0. The summed E-state index contributed by atoms with van der Waals surface area (Å²) in [7, 11) is 0. The molecule has 3 nitrogen and oxygen atoms in total. The third kappa shape index (κ3) is 2.07. The molecule has 0 spiro atoms. The molecule has 0 radical (unpaired) electrons. The molecule has 1 aromatic carbocycles. The van der Waals surface area contributed by atoms with E-state index in [0.717, 1.165) is 31.7 Å². The molecule has 0 amide bonds. The molecule has 0 aliphatic heterocycles. The van der Waals surface area contributed by atoms with Gasteiger partial charge in [0.25, 0.3) is 0 Å². The SMILES string of the molecule is Nc1nc2ccc(F)c(F)c2n1C1CCCCCC1. The molecule has 1 aliphatic rings. The number of rotatable bonds is 1. The predicted molar refractivity (Wildman–Crippen MR) is 70.8 cm³/mol. The van der Waals surface area contributed by atoms with Gasteiger partial charge in [0.1, 0.15) is 5.52 Å². The maximum Gasteiger partial charge on any atom is 0.201 e. The average Bonchev–Trinajstić information content (AvgIpc) is 2.59. The molecule has 1 heterocycles. The van der Waals surface area contributed by atoms with Gasteiger partial charge in [0, 0.05) is 6.04 Å². The van der Waals surface area contributed by atoms with Crippen LogP contribution < -0.4 is 5.73 Å². The first kappa shape index (κ1) is 12.4. The minimum atomic E-state index is -0.845. The fourth-order valence-corrected chi connectivity index (χ4v) is 3.03. The van der Waals surface area contributed by atoms with Gasteiger partial charge in [-0.3, -0.25) is 0 Å². The molecule has 19 heavy (non-hydrogen) atoms. The smallest absolute Gasteiger partial charge is 0.201 e. The van der Waals surface area contributed by atoms with Gasteiger partial charge in [-0.1, -0.05) is 25.7 Å². The minimum absolute atomic E-state index is 0.129. The fraction of sp³-hybridized carbons (Fsp3) is 0.500. The Morgan fingerprint density at radius 2 is 1.79 bits per heavy atom. The minimum Gasteiger partial charge on any atom is -0.369 e. The lowest BCUT2D eigenvalue weighted by molar-refractivity contribution is 0.448. The van der Waals surface area contributed by atoms with Crippen LogP contribution in [0.15, 0.2) is 12.1 Å². The van der Waals surface area contributed by atoms with Gasteiger partial charge in [0.15, 0.2) is 11.6 Å². The van der Waals surface area contributed by atoms with Gasteiger partial charge < -0.3 is 10.3 Å². The van der Waals surface area contributed by atoms with Crippen molar-refractivity contribution in [1.82, 2.24) is 9.55 Å². The van der Waals surface area contributed by atoms with Crippen LogP contribution in [0.5, 0.6) is 0 Å². The van der Waals surface area contributed by atoms with E-state index in [0.29, 0.717) is 5.52 Å². The molecule has 0 atom stereocenters. The van der Waals surface area contributed by atoms with Crippen LogP contribution in [0.2, 0.25) is 0 Å². The maximum absolute atomic E-state index is 14.0. The number of nitrogen functional groups attached to an aromatic ring is 1. The van der Waals surface area contributed by atoms with Crippen LogP contribution in [0.3, 0.4) is 0 Å². The quantitative estimate of drug-likeness (QED) is 0.797. The van der Waals surface area contributed by atoms with Crippen LogP contribution in [0.25, 0.3) is 11.0 Å². The Hall–Kier alpha value is -1.65. The van der Waals surface area contributed by atoms with E-state index in [4.69, 9.17) is 5.73 Å². The topological polar surface area (TPSA) is 43.8 Å². The van der Waals surface area contributed by atoms with Gasteiger partial charge in [-0.2, -0.15) is 0 Å². The van der Waals surface area contributed by atoms with E-state index in [1.165, 1.54) is 18.9 Å². The van der Waals surface area contributed by atoms with Crippen LogP contribution >= 0.6 is 0 Å². The number of hydrogen-bond donors (Lipinski definition) is 1. The van der Waals surface area contributed by atoms with E-state index < -0.39 is 11.6 Å². The van der Waals surface area contributed by atoms with E-state index in [1.54, 1.807) is 4.57 Å². The van der Waals surface area contributed by atoms with Crippen molar-refractivity contribution in [2.75, 3.05) is 5.73 Å². The lowest BCUT2D eigenvalue weighted by Crippen LogP contribution is -2.12. The summed E-state index contributed by atoms with van der Waals surface area (Å²) in [6.45, 7) is 0. The number of fused-ring (bicyclic) bond motifs is 1. The van der Waals surface area contributed by atoms with Crippen LogP contribution in [-0.4, -0.2) is 9.55 Å². The Kier molecular flexibility index (Phi) is 3.12. The standard InChI is InChI=1S/C14H17F2N3/c15-10-7-8-11-13(12(10)16)19(14(17)18-11)9-5-3-1-2-4-6-9/h7-9H,1-6H2,(H2,17,18). The van der Waals surface area contributed by atoms with E-state index in [2.05, 4.69) is 4.98 Å². The van der Waals surface area contributed by atoms with Crippen molar-refractivity contribution in [2.45, 2.75) is 44.6 Å². The number of nitrogens with zero attached hydrogens (tertiary/aromatic N) is 2. The van der Waals surface area contributed by atoms with Gasteiger partial charge in [-0.05, 0) is 25.0 Å². The number of imidazole rings is 1. The Morgan fingerprint density at radius 1 is 1.11 bits per heavy atom. The first-order chi connectivity index (χ1) is 9.18. The number of aromatic nitrogens is 2. The average molecular weight is 265 g/mol. The summed E-state index contributed by atoms with van der Waals surface area (Å²) in [4.78, 5) is 4.15. The highest BCUT2D eigenvalue weighted by atomic mass is 19.2. The van der Waals surface area contributed by atoms with Gasteiger partial charge in [0.2, 0.25) is 5.95 Å². The van der Waals surface area contributed by atoms with Crippen LogP contribution in [0.4, 0.5) is 14.7 Å². The zero-order valence-electron chi connectivity index (χ0n) is 10.7. The number of benzene rings is 1. The van der Waals surface area contributed by atoms with E-state index in [9.17, 15) is 8.78 Å². The monoisotopic (exact) mass is 265 g/mol. The Morgan fingerprint density at radius 3 is 2.47 bits per heavy atom. The van der Waals surface area contributed by atoms with Crippen LogP contribution in [0.1, 0.15) is 44.6 Å². The zero-order valence-corrected chi connectivity index (χ0v) is 10.7. The molecule has 0 unspecified atom stereocenters. The lowest BCUT2D eigenvalue weighted by Gasteiger charge is -2.18. The number of halogens is 2. The summed E-state index contributed by atoms with van der Waals surface area (Å²) in [6, 6.07) is 2.71. The van der Waals surface area contributed by atoms with Crippen molar-refractivity contribution in [3.63, 3.8) is 0 Å². The predicted octanol–water partition coefficient (Wildman–Crippen LogP) is 3.79. The third-order valence-corrected chi connectivity index (χ3v) is 3.96. The summed E-state index contributed by atoms with van der Waals surface area (Å²) in [5.41, 5.74) is 6.56. The molecule has 1 fully saturated rings. The zero-order chi connectivity index (χ0) is 13.4. The highest BCUT2D eigenvalue weighted by Gasteiger charge is 2.22. The normalized spacial score (nSPS) is 17.8. The summed E-state index contributed by atoms with van der Waals surface area (Å²) in [6.07, 6.45) is 6.48. The molecule has 2 aromatic rings. The molecule has 2 N–H and O–H groups in total. The highest BCUT2D eigenvalue weighted by molar-refractivity contribution is 5.79. The number of anilines is 1. The third-order valence-electron chi connectivity index (χ3n) is 3.96. The molecule has 1 aliphatic carbocycles. The van der Waals surface area contributed by atoms with Crippen LogP contribution in [-0.2, 0) is 0 Å². The van der Waals surface area contributed by atoms with Crippen molar-refractivity contribution in [1.29, 1.82) is 0 Å².